The molecule has 0 aromatic heterocycles. The first-order chi connectivity index (χ1) is 11.7. The van der Waals surface area contributed by atoms with Gasteiger partial charge in [0.05, 0.1) is 13.2 Å². The molecule has 0 bridgehead atoms. The zero-order valence-corrected chi connectivity index (χ0v) is 16.8. The van der Waals surface area contributed by atoms with Crippen LogP contribution in [0.2, 0.25) is 0 Å². The molecule has 0 rings (SSSR count). The third-order valence-electron chi connectivity index (χ3n) is 4.60. The number of hydrogen-bond donors (Lipinski definition) is 0. The Kier molecular flexibility index (Phi) is 18.3. The molecule has 0 saturated carbocycles. The van der Waals surface area contributed by atoms with E-state index in [4.69, 9.17) is 4.74 Å². The molecule has 0 unspecified atom stereocenters. The molecule has 0 amide bonds. The molecule has 0 aromatic carbocycles. The lowest BCUT2D eigenvalue weighted by Crippen LogP contribution is -2.28. The van der Waals surface area contributed by atoms with E-state index in [-0.39, 0.29) is 5.97 Å². The molecule has 0 saturated heterocycles. The maximum absolute atomic E-state index is 11.3. The van der Waals surface area contributed by atoms with Gasteiger partial charge in [-0.1, -0.05) is 90.4 Å². The van der Waals surface area contributed by atoms with Gasteiger partial charge in [0.1, 0.15) is 0 Å². The van der Waals surface area contributed by atoms with Crippen molar-refractivity contribution < 1.29 is 9.53 Å². The second-order valence-corrected chi connectivity index (χ2v) is 7.14. The normalized spacial score (nSPS) is 11.2. The van der Waals surface area contributed by atoms with Crippen LogP contribution in [0.4, 0.5) is 0 Å². The van der Waals surface area contributed by atoms with Crippen molar-refractivity contribution in [2.45, 2.75) is 104 Å². The van der Waals surface area contributed by atoms with Gasteiger partial charge in [-0.2, -0.15) is 0 Å². The highest BCUT2D eigenvalue weighted by atomic mass is 16.5. The van der Waals surface area contributed by atoms with Crippen LogP contribution in [0.3, 0.4) is 0 Å². The smallest absolute Gasteiger partial charge is 0.320 e. The molecule has 0 aliphatic heterocycles. The maximum atomic E-state index is 11.3. The molecule has 0 spiro atoms. The molecular formula is C21H43NO2. The molecular weight excluding hydrogens is 298 g/mol. The van der Waals surface area contributed by atoms with Crippen LogP contribution in [0.25, 0.3) is 0 Å². The van der Waals surface area contributed by atoms with Crippen LogP contribution in [0.5, 0.6) is 0 Å². The molecule has 0 N–H and O–H groups in total. The van der Waals surface area contributed by atoms with E-state index in [9.17, 15) is 4.79 Å². The van der Waals surface area contributed by atoms with Gasteiger partial charge in [0.2, 0.25) is 0 Å². The van der Waals surface area contributed by atoms with E-state index in [1.54, 1.807) is 0 Å². The van der Waals surface area contributed by atoms with Crippen LogP contribution >= 0.6 is 0 Å². The first-order valence-corrected chi connectivity index (χ1v) is 10.5. The van der Waals surface area contributed by atoms with E-state index in [2.05, 4.69) is 11.8 Å². The summed E-state index contributed by atoms with van der Waals surface area (Å²) >= 11 is 0. The minimum absolute atomic E-state index is 0.106. The van der Waals surface area contributed by atoms with Crippen LogP contribution < -0.4 is 0 Å². The van der Waals surface area contributed by atoms with Gasteiger partial charge in [-0.3, -0.25) is 9.69 Å². The van der Waals surface area contributed by atoms with Gasteiger partial charge in [0, 0.05) is 0 Å². The fourth-order valence-corrected chi connectivity index (χ4v) is 3.08. The summed E-state index contributed by atoms with van der Waals surface area (Å²) in [7, 11) is 2.00. The predicted molar refractivity (Wildman–Crippen MR) is 104 cm³/mol. The number of hydrogen-bond acceptors (Lipinski definition) is 3. The van der Waals surface area contributed by atoms with Gasteiger partial charge >= 0.3 is 5.97 Å². The fourth-order valence-electron chi connectivity index (χ4n) is 3.08. The molecule has 0 radical (unpaired) electrons. The van der Waals surface area contributed by atoms with Crippen molar-refractivity contribution >= 4 is 5.97 Å². The Morgan fingerprint density at radius 1 is 0.708 bits per heavy atom. The van der Waals surface area contributed by atoms with Gasteiger partial charge in [0.25, 0.3) is 0 Å². The van der Waals surface area contributed by atoms with E-state index in [1.807, 2.05) is 14.0 Å². The van der Waals surface area contributed by atoms with E-state index < -0.39 is 0 Å². The minimum atomic E-state index is -0.106. The zero-order valence-electron chi connectivity index (χ0n) is 16.8. The first-order valence-electron chi connectivity index (χ1n) is 10.5. The summed E-state index contributed by atoms with van der Waals surface area (Å²) in [6, 6.07) is 0. The van der Waals surface area contributed by atoms with Gasteiger partial charge in [-0.15, -0.1) is 0 Å². The van der Waals surface area contributed by atoms with Crippen molar-refractivity contribution in [2.24, 2.45) is 0 Å². The zero-order chi connectivity index (χ0) is 17.9. The van der Waals surface area contributed by atoms with Crippen molar-refractivity contribution in [1.29, 1.82) is 0 Å². The number of likely N-dealkylation sites (N-methyl/N-ethyl adjacent to an activating group) is 1. The highest BCUT2D eigenvalue weighted by Crippen LogP contribution is 2.13. The first kappa shape index (κ1) is 23.4. The van der Waals surface area contributed by atoms with Crippen molar-refractivity contribution in [3.05, 3.63) is 0 Å². The predicted octanol–water partition coefficient (Wildman–Crippen LogP) is 5.96. The average Bonchev–Trinajstić information content (AvgIpc) is 2.55. The Morgan fingerprint density at radius 2 is 1.12 bits per heavy atom. The summed E-state index contributed by atoms with van der Waals surface area (Å²) in [5.41, 5.74) is 0. The quantitative estimate of drug-likeness (QED) is 0.227. The topological polar surface area (TPSA) is 29.5 Å². The summed E-state index contributed by atoms with van der Waals surface area (Å²) < 4.78 is 4.96. The number of esters is 1. The van der Waals surface area contributed by atoms with Gasteiger partial charge < -0.3 is 4.74 Å². The van der Waals surface area contributed by atoms with Crippen molar-refractivity contribution in [3.8, 4) is 0 Å². The molecule has 3 nitrogen and oxygen atoms in total. The second-order valence-electron chi connectivity index (χ2n) is 7.14. The van der Waals surface area contributed by atoms with E-state index in [0.29, 0.717) is 13.2 Å². The van der Waals surface area contributed by atoms with E-state index in [1.165, 1.54) is 89.9 Å². The molecule has 0 aliphatic carbocycles. The molecule has 0 atom stereocenters. The highest BCUT2D eigenvalue weighted by Gasteiger charge is 2.06. The van der Waals surface area contributed by atoms with Crippen LogP contribution in [0.15, 0.2) is 0 Å². The largest absolute Gasteiger partial charge is 0.465 e. The average molecular weight is 342 g/mol. The summed E-state index contributed by atoms with van der Waals surface area (Å²) in [6.07, 6.45) is 19.4. The maximum Gasteiger partial charge on any atom is 0.320 e. The second kappa shape index (κ2) is 18.8. The summed E-state index contributed by atoms with van der Waals surface area (Å²) in [5.74, 6) is -0.106. The Hall–Kier alpha value is -0.570. The summed E-state index contributed by atoms with van der Waals surface area (Å²) in [4.78, 5) is 13.4. The highest BCUT2D eigenvalue weighted by molar-refractivity contribution is 5.71. The molecule has 3 heteroatoms. The Labute approximate surface area is 151 Å². The Balaban J connectivity index is 3.16. The monoisotopic (exact) mass is 341 g/mol. The Morgan fingerprint density at radius 3 is 1.54 bits per heavy atom. The van der Waals surface area contributed by atoms with E-state index >= 15 is 0 Å². The molecule has 0 heterocycles. The van der Waals surface area contributed by atoms with Crippen molar-refractivity contribution in [1.82, 2.24) is 4.90 Å². The standard InChI is InChI=1S/C21H43NO2/c1-4-6-7-8-9-10-11-12-13-14-15-16-17-18-19-22(3)20-21(23)24-5-2/h4-20H2,1-3H3. The van der Waals surface area contributed by atoms with Gasteiger partial charge in [0.15, 0.2) is 0 Å². The molecule has 24 heavy (non-hydrogen) atoms. The van der Waals surface area contributed by atoms with Gasteiger partial charge in [-0.25, -0.2) is 0 Å². The third-order valence-corrected chi connectivity index (χ3v) is 4.60. The number of ether oxygens (including phenoxy) is 1. The van der Waals surface area contributed by atoms with E-state index in [0.717, 1.165) is 6.54 Å². The van der Waals surface area contributed by atoms with Crippen molar-refractivity contribution in [2.75, 3.05) is 26.7 Å². The third kappa shape index (κ3) is 17.8. The number of carbonyl (C=O) groups excluding carboxylic acids is 1. The van der Waals surface area contributed by atoms with Crippen LogP contribution in [-0.4, -0.2) is 37.6 Å². The van der Waals surface area contributed by atoms with Crippen molar-refractivity contribution in [3.63, 3.8) is 0 Å². The van der Waals surface area contributed by atoms with Crippen LogP contribution in [0, 0.1) is 0 Å². The lowest BCUT2D eigenvalue weighted by Gasteiger charge is -2.15. The van der Waals surface area contributed by atoms with Crippen LogP contribution in [-0.2, 0) is 9.53 Å². The lowest BCUT2D eigenvalue weighted by atomic mass is 10.0. The molecule has 0 aromatic rings. The summed E-state index contributed by atoms with van der Waals surface area (Å²) in [5, 5.41) is 0. The fraction of sp³-hybridized carbons (Fsp3) is 0.952. The molecule has 0 aliphatic rings. The summed E-state index contributed by atoms with van der Waals surface area (Å²) in [6.45, 7) is 6.03. The minimum Gasteiger partial charge on any atom is -0.465 e. The molecule has 0 fully saturated rings. The number of nitrogens with zero attached hydrogens (tertiary/aromatic N) is 1. The number of carbonyl (C=O) groups is 1. The molecule has 144 valence electrons. The Bertz CT molecular complexity index is 269. The van der Waals surface area contributed by atoms with Gasteiger partial charge in [-0.05, 0) is 26.9 Å². The number of unbranched alkanes of at least 4 members (excludes halogenated alkanes) is 13. The van der Waals surface area contributed by atoms with Crippen LogP contribution in [0.1, 0.15) is 104 Å². The lowest BCUT2D eigenvalue weighted by molar-refractivity contribution is -0.144. The number of rotatable bonds is 18. The SMILES string of the molecule is CCCCCCCCCCCCCCCCN(C)CC(=O)OCC.